The summed E-state index contributed by atoms with van der Waals surface area (Å²) in [5, 5.41) is 0. The molecule has 1 unspecified atom stereocenters. The highest BCUT2D eigenvalue weighted by atomic mass is 14.8. The first-order valence-electron chi connectivity index (χ1n) is 6.93. The summed E-state index contributed by atoms with van der Waals surface area (Å²) in [5.41, 5.74) is 16.6. The molecule has 0 aliphatic rings. The van der Waals surface area contributed by atoms with Gasteiger partial charge in [-0.3, -0.25) is 9.97 Å². The van der Waals surface area contributed by atoms with Gasteiger partial charge in [-0.05, 0) is 42.0 Å². The second-order valence-corrected chi connectivity index (χ2v) is 5.54. The molecule has 0 saturated heterocycles. The molecule has 0 bridgehead atoms. The Balaban J connectivity index is 2.22. The topological polar surface area (TPSA) is 77.8 Å². The summed E-state index contributed by atoms with van der Waals surface area (Å²) < 4.78 is 0. The van der Waals surface area contributed by atoms with Gasteiger partial charge in [-0.25, -0.2) is 0 Å². The summed E-state index contributed by atoms with van der Waals surface area (Å²) >= 11 is 0. The van der Waals surface area contributed by atoms with Gasteiger partial charge in [0.1, 0.15) is 0 Å². The lowest BCUT2D eigenvalue weighted by Crippen LogP contribution is -2.07. The molecule has 20 heavy (non-hydrogen) atoms. The second-order valence-electron chi connectivity index (χ2n) is 5.54. The van der Waals surface area contributed by atoms with Crippen LogP contribution in [0.25, 0.3) is 0 Å². The molecule has 0 saturated carbocycles. The van der Waals surface area contributed by atoms with E-state index in [2.05, 4.69) is 30.7 Å². The van der Waals surface area contributed by atoms with Crippen LogP contribution >= 0.6 is 0 Å². The van der Waals surface area contributed by atoms with Crippen LogP contribution in [0.4, 0.5) is 11.4 Å². The van der Waals surface area contributed by atoms with Crippen molar-refractivity contribution in [3.05, 3.63) is 47.5 Å². The Morgan fingerprint density at radius 3 is 2.45 bits per heavy atom. The zero-order valence-corrected chi connectivity index (χ0v) is 12.3. The number of nitrogens with zero attached hydrogens (tertiary/aromatic N) is 2. The number of aromatic nitrogens is 2. The largest absolute Gasteiger partial charge is 0.397 e. The summed E-state index contributed by atoms with van der Waals surface area (Å²) in [4.78, 5) is 8.71. The Morgan fingerprint density at radius 1 is 1.05 bits per heavy atom. The first-order chi connectivity index (χ1) is 9.49. The molecule has 0 aromatic carbocycles. The van der Waals surface area contributed by atoms with E-state index in [4.69, 9.17) is 11.5 Å². The molecule has 0 fully saturated rings. The summed E-state index contributed by atoms with van der Waals surface area (Å²) in [6.07, 6.45) is 4.31. The molecule has 0 radical (unpaired) electrons. The number of nitrogen functional groups attached to an aromatic ring is 2. The van der Waals surface area contributed by atoms with E-state index in [1.807, 2.05) is 18.2 Å². The molecular weight excluding hydrogens is 248 g/mol. The summed E-state index contributed by atoms with van der Waals surface area (Å²) in [6, 6.07) is 5.91. The van der Waals surface area contributed by atoms with Gasteiger partial charge in [0, 0.05) is 11.9 Å². The van der Waals surface area contributed by atoms with E-state index < -0.39 is 0 Å². The quantitative estimate of drug-likeness (QED) is 0.894. The maximum absolute atomic E-state index is 5.97. The van der Waals surface area contributed by atoms with E-state index in [1.165, 1.54) is 0 Å². The zero-order valence-electron chi connectivity index (χ0n) is 12.3. The molecule has 2 aromatic rings. The Kier molecular flexibility index (Phi) is 4.23. The molecule has 2 heterocycles. The van der Waals surface area contributed by atoms with Crippen LogP contribution in [-0.2, 0) is 6.42 Å². The zero-order chi connectivity index (χ0) is 14.7. The van der Waals surface area contributed by atoms with Crippen molar-refractivity contribution in [2.75, 3.05) is 11.5 Å². The number of hydrogen-bond donors (Lipinski definition) is 2. The first kappa shape index (κ1) is 14.3. The van der Waals surface area contributed by atoms with Gasteiger partial charge in [-0.15, -0.1) is 0 Å². The third-order valence-corrected chi connectivity index (χ3v) is 3.50. The SMILES string of the molecule is CC(C)c1nc(CC(C)c2ccncc2N)ccc1N. The summed E-state index contributed by atoms with van der Waals surface area (Å²) in [6.45, 7) is 6.36. The molecule has 0 amide bonds. The molecule has 4 heteroatoms. The number of hydrogen-bond acceptors (Lipinski definition) is 4. The lowest BCUT2D eigenvalue weighted by atomic mass is 9.95. The molecular formula is C16H22N4. The van der Waals surface area contributed by atoms with Crippen molar-refractivity contribution in [2.45, 2.75) is 39.0 Å². The summed E-state index contributed by atoms with van der Waals surface area (Å²) in [7, 11) is 0. The number of rotatable bonds is 4. The van der Waals surface area contributed by atoms with Gasteiger partial charge < -0.3 is 11.5 Å². The van der Waals surface area contributed by atoms with Crippen LogP contribution in [0.15, 0.2) is 30.6 Å². The normalized spacial score (nSPS) is 12.6. The highest BCUT2D eigenvalue weighted by molar-refractivity contribution is 5.47. The Morgan fingerprint density at radius 2 is 1.80 bits per heavy atom. The van der Waals surface area contributed by atoms with Crippen molar-refractivity contribution in [3.8, 4) is 0 Å². The van der Waals surface area contributed by atoms with Crippen LogP contribution < -0.4 is 11.5 Å². The van der Waals surface area contributed by atoms with E-state index in [-0.39, 0.29) is 0 Å². The molecule has 4 N–H and O–H groups in total. The molecule has 106 valence electrons. The van der Waals surface area contributed by atoms with E-state index >= 15 is 0 Å². The molecule has 4 nitrogen and oxygen atoms in total. The molecule has 0 spiro atoms. The predicted molar refractivity (Wildman–Crippen MR) is 83.5 cm³/mol. The van der Waals surface area contributed by atoms with Crippen molar-refractivity contribution < 1.29 is 0 Å². The van der Waals surface area contributed by atoms with Gasteiger partial charge in [-0.1, -0.05) is 20.8 Å². The Hall–Kier alpha value is -2.10. The van der Waals surface area contributed by atoms with Crippen molar-refractivity contribution in [3.63, 3.8) is 0 Å². The highest BCUT2D eigenvalue weighted by Gasteiger charge is 2.13. The fraction of sp³-hybridized carbons (Fsp3) is 0.375. The van der Waals surface area contributed by atoms with Crippen molar-refractivity contribution in [1.82, 2.24) is 9.97 Å². The minimum absolute atomic E-state index is 0.300. The van der Waals surface area contributed by atoms with Gasteiger partial charge in [0.25, 0.3) is 0 Å². The van der Waals surface area contributed by atoms with E-state index in [9.17, 15) is 0 Å². The molecule has 1 atom stereocenters. The van der Waals surface area contributed by atoms with Crippen molar-refractivity contribution in [1.29, 1.82) is 0 Å². The van der Waals surface area contributed by atoms with Crippen LogP contribution in [0.2, 0.25) is 0 Å². The van der Waals surface area contributed by atoms with Crippen molar-refractivity contribution in [2.24, 2.45) is 0 Å². The third kappa shape index (κ3) is 3.07. The maximum atomic E-state index is 5.97. The Labute approximate surface area is 120 Å². The first-order valence-corrected chi connectivity index (χ1v) is 6.93. The van der Waals surface area contributed by atoms with Gasteiger partial charge in [0.05, 0.1) is 23.3 Å². The van der Waals surface area contributed by atoms with Crippen LogP contribution in [0.5, 0.6) is 0 Å². The smallest absolute Gasteiger partial charge is 0.0661 e. The lowest BCUT2D eigenvalue weighted by molar-refractivity contribution is 0.726. The van der Waals surface area contributed by atoms with E-state index in [0.717, 1.165) is 34.7 Å². The average Bonchev–Trinajstić information content (AvgIpc) is 2.41. The molecule has 2 rings (SSSR count). The minimum atomic E-state index is 0.300. The fourth-order valence-electron chi connectivity index (χ4n) is 2.39. The number of pyridine rings is 2. The minimum Gasteiger partial charge on any atom is -0.397 e. The second kappa shape index (κ2) is 5.90. The molecule has 0 aliphatic carbocycles. The standard InChI is InChI=1S/C16H22N4/c1-10(2)16-14(17)5-4-12(20-16)8-11(3)13-6-7-19-9-15(13)18/h4-7,9-11H,8,17-18H2,1-3H3. The maximum Gasteiger partial charge on any atom is 0.0661 e. The summed E-state index contributed by atoms with van der Waals surface area (Å²) in [5.74, 6) is 0.630. The van der Waals surface area contributed by atoms with Gasteiger partial charge in [0.2, 0.25) is 0 Å². The average molecular weight is 270 g/mol. The molecule has 2 aromatic heterocycles. The van der Waals surface area contributed by atoms with Crippen LogP contribution in [0.3, 0.4) is 0 Å². The van der Waals surface area contributed by atoms with Crippen LogP contribution in [-0.4, -0.2) is 9.97 Å². The third-order valence-electron chi connectivity index (χ3n) is 3.50. The van der Waals surface area contributed by atoms with E-state index in [1.54, 1.807) is 12.4 Å². The highest BCUT2D eigenvalue weighted by Crippen LogP contribution is 2.26. The van der Waals surface area contributed by atoms with Crippen molar-refractivity contribution >= 4 is 11.4 Å². The van der Waals surface area contributed by atoms with Crippen LogP contribution in [0.1, 0.15) is 49.6 Å². The van der Waals surface area contributed by atoms with Crippen LogP contribution in [0, 0.1) is 0 Å². The Bertz CT molecular complexity index is 593. The number of nitrogens with two attached hydrogens (primary N) is 2. The monoisotopic (exact) mass is 270 g/mol. The van der Waals surface area contributed by atoms with Gasteiger partial charge in [0.15, 0.2) is 0 Å². The number of anilines is 2. The fourth-order valence-corrected chi connectivity index (χ4v) is 2.39. The van der Waals surface area contributed by atoms with E-state index in [0.29, 0.717) is 11.8 Å². The van der Waals surface area contributed by atoms with Gasteiger partial charge >= 0.3 is 0 Å². The predicted octanol–water partition coefficient (Wildman–Crippen LogP) is 3.11. The molecule has 0 aliphatic heterocycles. The lowest BCUT2D eigenvalue weighted by Gasteiger charge is -2.15. The van der Waals surface area contributed by atoms with Gasteiger partial charge in [-0.2, -0.15) is 0 Å².